The van der Waals surface area contributed by atoms with Gasteiger partial charge in [0.05, 0.1) is 12.2 Å². The van der Waals surface area contributed by atoms with Crippen LogP contribution in [0.2, 0.25) is 0 Å². The van der Waals surface area contributed by atoms with E-state index >= 15 is 0 Å². The van der Waals surface area contributed by atoms with Crippen LogP contribution in [-0.2, 0) is 13.1 Å². The lowest BCUT2D eigenvalue weighted by molar-refractivity contribution is 0.195. The lowest BCUT2D eigenvalue weighted by Gasteiger charge is -2.28. The summed E-state index contributed by atoms with van der Waals surface area (Å²) in [5, 5.41) is 0. The predicted molar refractivity (Wildman–Crippen MR) is 66.4 cm³/mol. The molecule has 0 fully saturated rings. The molecule has 0 amide bonds. The maximum Gasteiger partial charge on any atom is 0.123 e. The number of fused-ring (bicyclic) bond motifs is 1. The molecule has 3 nitrogen and oxygen atoms in total. The van der Waals surface area contributed by atoms with Crippen molar-refractivity contribution in [3.05, 3.63) is 17.7 Å². The van der Waals surface area contributed by atoms with Crippen molar-refractivity contribution in [1.29, 1.82) is 0 Å². The van der Waals surface area contributed by atoms with Crippen molar-refractivity contribution in [2.45, 2.75) is 46.7 Å². The molecule has 0 bridgehead atoms. The Kier molecular flexibility index (Phi) is 3.33. The van der Waals surface area contributed by atoms with Crippen LogP contribution in [0.1, 0.15) is 45.1 Å². The molecule has 1 aliphatic rings. The summed E-state index contributed by atoms with van der Waals surface area (Å²) < 4.78 is 2.33. The van der Waals surface area contributed by atoms with Gasteiger partial charge in [0.25, 0.3) is 0 Å². The van der Waals surface area contributed by atoms with E-state index in [0.717, 1.165) is 19.0 Å². The third kappa shape index (κ3) is 2.46. The van der Waals surface area contributed by atoms with Crippen LogP contribution >= 0.6 is 0 Å². The molecule has 0 spiro atoms. The predicted octanol–water partition coefficient (Wildman–Crippen LogP) is 2.48. The first-order valence-corrected chi connectivity index (χ1v) is 6.34. The molecule has 1 aromatic heterocycles. The molecule has 90 valence electrons. The minimum absolute atomic E-state index is 0.539. The second kappa shape index (κ2) is 4.58. The Morgan fingerprint density at radius 3 is 2.62 bits per heavy atom. The summed E-state index contributed by atoms with van der Waals surface area (Å²) in [4.78, 5) is 7.24. The highest BCUT2D eigenvalue weighted by atomic mass is 15.2. The van der Waals surface area contributed by atoms with Crippen molar-refractivity contribution in [3.8, 4) is 0 Å². The molecule has 0 saturated carbocycles. The van der Waals surface area contributed by atoms with E-state index in [4.69, 9.17) is 4.98 Å². The number of imidazole rings is 1. The highest BCUT2D eigenvalue weighted by Crippen LogP contribution is 2.18. The van der Waals surface area contributed by atoms with E-state index in [1.165, 1.54) is 24.6 Å². The van der Waals surface area contributed by atoms with Crippen molar-refractivity contribution in [1.82, 2.24) is 14.5 Å². The molecule has 1 aliphatic heterocycles. The standard InChI is InChI=1S/C13H23N3/c1-10(2)7-15-5-6-16-8-12(11(3)4)14-13(16)9-15/h8,10-11H,5-7,9H2,1-4H3. The largest absolute Gasteiger partial charge is 0.332 e. The smallest absolute Gasteiger partial charge is 0.123 e. The molecule has 0 radical (unpaired) electrons. The third-order valence-electron chi connectivity index (χ3n) is 3.11. The molecular weight excluding hydrogens is 198 g/mol. The Bertz CT molecular complexity index is 352. The molecule has 0 unspecified atom stereocenters. The maximum atomic E-state index is 4.73. The van der Waals surface area contributed by atoms with Gasteiger partial charge in [0.1, 0.15) is 5.82 Å². The van der Waals surface area contributed by atoms with Gasteiger partial charge in [0, 0.05) is 25.8 Å². The van der Waals surface area contributed by atoms with E-state index in [1.54, 1.807) is 0 Å². The van der Waals surface area contributed by atoms with E-state index in [9.17, 15) is 0 Å². The number of hydrogen-bond donors (Lipinski definition) is 0. The number of hydrogen-bond acceptors (Lipinski definition) is 2. The average molecular weight is 221 g/mol. The zero-order chi connectivity index (χ0) is 11.7. The highest BCUT2D eigenvalue weighted by Gasteiger charge is 2.19. The van der Waals surface area contributed by atoms with Crippen LogP contribution in [0.5, 0.6) is 0 Å². The summed E-state index contributed by atoms with van der Waals surface area (Å²) in [6, 6.07) is 0. The van der Waals surface area contributed by atoms with Crippen LogP contribution in [0.3, 0.4) is 0 Å². The minimum Gasteiger partial charge on any atom is -0.332 e. The van der Waals surface area contributed by atoms with Gasteiger partial charge in [0.15, 0.2) is 0 Å². The minimum atomic E-state index is 0.539. The fourth-order valence-corrected chi connectivity index (χ4v) is 2.27. The fraction of sp³-hybridized carbons (Fsp3) is 0.769. The van der Waals surface area contributed by atoms with Crippen LogP contribution in [0.25, 0.3) is 0 Å². The molecule has 2 heterocycles. The van der Waals surface area contributed by atoms with Gasteiger partial charge in [0.2, 0.25) is 0 Å². The van der Waals surface area contributed by atoms with E-state index in [2.05, 4.69) is 43.4 Å². The van der Waals surface area contributed by atoms with Gasteiger partial charge in [-0.25, -0.2) is 4.98 Å². The van der Waals surface area contributed by atoms with Crippen LogP contribution in [0.4, 0.5) is 0 Å². The second-order valence-corrected chi connectivity index (χ2v) is 5.56. The lowest BCUT2D eigenvalue weighted by Crippen LogP contribution is -2.35. The molecule has 0 N–H and O–H groups in total. The second-order valence-electron chi connectivity index (χ2n) is 5.56. The summed E-state index contributed by atoms with van der Waals surface area (Å²) in [7, 11) is 0. The van der Waals surface area contributed by atoms with Crippen LogP contribution in [0, 0.1) is 5.92 Å². The van der Waals surface area contributed by atoms with E-state index in [0.29, 0.717) is 5.92 Å². The Hall–Kier alpha value is -0.830. The molecule has 0 atom stereocenters. The van der Waals surface area contributed by atoms with Crippen molar-refractivity contribution in [2.75, 3.05) is 13.1 Å². The first-order valence-electron chi connectivity index (χ1n) is 6.34. The Balaban J connectivity index is 2.08. The normalized spacial score (nSPS) is 17.1. The quantitative estimate of drug-likeness (QED) is 0.782. The zero-order valence-corrected chi connectivity index (χ0v) is 10.9. The summed E-state index contributed by atoms with van der Waals surface area (Å²) in [6.45, 7) is 13.4. The van der Waals surface area contributed by atoms with Crippen molar-refractivity contribution >= 4 is 0 Å². The molecule has 3 heteroatoms. The van der Waals surface area contributed by atoms with Crippen molar-refractivity contribution in [2.24, 2.45) is 5.92 Å². The van der Waals surface area contributed by atoms with E-state index in [1.807, 2.05) is 0 Å². The Morgan fingerprint density at radius 2 is 2.00 bits per heavy atom. The van der Waals surface area contributed by atoms with Gasteiger partial charge in [-0.05, 0) is 11.8 Å². The van der Waals surface area contributed by atoms with Gasteiger partial charge in [-0.1, -0.05) is 27.7 Å². The SMILES string of the molecule is CC(C)CN1CCn2cc(C(C)C)nc2C1. The molecule has 1 aromatic rings. The summed E-state index contributed by atoms with van der Waals surface area (Å²) >= 11 is 0. The molecular formula is C13H23N3. The van der Waals surface area contributed by atoms with Gasteiger partial charge < -0.3 is 4.57 Å². The zero-order valence-electron chi connectivity index (χ0n) is 10.9. The summed E-state index contributed by atoms with van der Waals surface area (Å²) in [6.07, 6.45) is 2.23. The molecule has 16 heavy (non-hydrogen) atoms. The van der Waals surface area contributed by atoms with Gasteiger partial charge >= 0.3 is 0 Å². The van der Waals surface area contributed by atoms with Crippen LogP contribution in [0.15, 0.2) is 6.20 Å². The van der Waals surface area contributed by atoms with E-state index in [-0.39, 0.29) is 0 Å². The first kappa shape index (κ1) is 11.6. The van der Waals surface area contributed by atoms with Crippen LogP contribution in [-0.4, -0.2) is 27.5 Å². The van der Waals surface area contributed by atoms with Crippen molar-refractivity contribution in [3.63, 3.8) is 0 Å². The fourth-order valence-electron chi connectivity index (χ4n) is 2.27. The number of nitrogens with zero attached hydrogens (tertiary/aromatic N) is 3. The Labute approximate surface area is 98.5 Å². The van der Waals surface area contributed by atoms with Crippen LogP contribution < -0.4 is 0 Å². The topological polar surface area (TPSA) is 21.1 Å². The maximum absolute atomic E-state index is 4.73. The highest BCUT2D eigenvalue weighted by molar-refractivity contribution is 5.09. The molecule has 0 aromatic carbocycles. The number of rotatable bonds is 3. The summed E-state index contributed by atoms with van der Waals surface area (Å²) in [5.74, 6) is 2.53. The third-order valence-corrected chi connectivity index (χ3v) is 3.11. The number of aromatic nitrogens is 2. The monoisotopic (exact) mass is 221 g/mol. The van der Waals surface area contributed by atoms with E-state index < -0.39 is 0 Å². The summed E-state index contributed by atoms with van der Waals surface area (Å²) in [5.41, 5.74) is 1.24. The lowest BCUT2D eigenvalue weighted by atomic mass is 10.2. The van der Waals surface area contributed by atoms with Gasteiger partial charge in [-0.15, -0.1) is 0 Å². The first-order chi connectivity index (χ1) is 7.56. The van der Waals surface area contributed by atoms with Gasteiger partial charge in [-0.2, -0.15) is 0 Å². The molecule has 2 rings (SSSR count). The molecule has 0 aliphatic carbocycles. The van der Waals surface area contributed by atoms with Gasteiger partial charge in [-0.3, -0.25) is 4.90 Å². The molecule has 0 saturated heterocycles. The van der Waals surface area contributed by atoms with Crippen molar-refractivity contribution < 1.29 is 0 Å². The average Bonchev–Trinajstić information content (AvgIpc) is 2.59. The Morgan fingerprint density at radius 1 is 1.25 bits per heavy atom.